The average molecular weight is 354 g/mol. The smallest absolute Gasteiger partial charge is 0.339 e. The minimum Gasteiger partial charge on any atom is -0.454 e. The van der Waals surface area contributed by atoms with Crippen molar-refractivity contribution in [2.75, 3.05) is 37.6 Å². The summed E-state index contributed by atoms with van der Waals surface area (Å²) in [5.74, 6) is -0.389. The molecule has 0 spiro atoms. The van der Waals surface area contributed by atoms with E-state index in [1.54, 1.807) is 0 Å². The van der Waals surface area contributed by atoms with Gasteiger partial charge in [0.05, 0.1) is 5.56 Å². The first-order valence-corrected chi connectivity index (χ1v) is 9.23. The van der Waals surface area contributed by atoms with Gasteiger partial charge >= 0.3 is 5.97 Å². The average Bonchev–Trinajstić information content (AvgIpc) is 2.99. The van der Waals surface area contributed by atoms with Crippen molar-refractivity contribution in [3.05, 3.63) is 65.5 Å². The maximum absolute atomic E-state index is 13.0. The van der Waals surface area contributed by atoms with Gasteiger partial charge in [-0.1, -0.05) is 18.2 Å². The van der Waals surface area contributed by atoms with Crippen molar-refractivity contribution in [3.63, 3.8) is 0 Å². The van der Waals surface area contributed by atoms with Gasteiger partial charge in [-0.2, -0.15) is 0 Å². The Bertz CT molecular complexity index is 770. The van der Waals surface area contributed by atoms with E-state index < -0.39 is 0 Å². The Morgan fingerprint density at radius 3 is 2.50 bits per heavy atom. The molecule has 1 atom stereocenters. The molecule has 26 heavy (non-hydrogen) atoms. The largest absolute Gasteiger partial charge is 0.454 e. The Balaban J connectivity index is 1.23. The zero-order valence-corrected chi connectivity index (χ0v) is 14.7. The Kier molecular flexibility index (Phi) is 4.89. The van der Waals surface area contributed by atoms with Crippen LogP contribution >= 0.6 is 0 Å². The predicted molar refractivity (Wildman–Crippen MR) is 98.9 cm³/mol. The number of ether oxygens (including phenoxy) is 1. The standard InChI is InChI=1S/C21H23FN2O2/c22-16-7-9-17(10-8-16)24-14-12-23(13-15-24)11-3-6-20-18-4-1-2-5-19(18)21(25)26-20/h1-2,4-5,7-10,20H,3,6,11-15H2. The second-order valence-electron chi connectivity index (χ2n) is 6.93. The molecule has 2 heterocycles. The van der Waals surface area contributed by atoms with Crippen LogP contribution in [0.15, 0.2) is 48.5 Å². The summed E-state index contributed by atoms with van der Waals surface area (Å²) >= 11 is 0. The molecule has 5 heteroatoms. The summed E-state index contributed by atoms with van der Waals surface area (Å²) in [7, 11) is 0. The third kappa shape index (κ3) is 3.58. The number of benzene rings is 2. The number of esters is 1. The van der Waals surface area contributed by atoms with E-state index in [0.717, 1.165) is 56.8 Å². The van der Waals surface area contributed by atoms with Crippen molar-refractivity contribution in [2.24, 2.45) is 0 Å². The number of cyclic esters (lactones) is 1. The fourth-order valence-electron chi connectivity index (χ4n) is 3.82. The number of anilines is 1. The highest BCUT2D eigenvalue weighted by Gasteiger charge is 2.30. The van der Waals surface area contributed by atoms with E-state index in [9.17, 15) is 9.18 Å². The minimum absolute atomic E-state index is 0.0980. The number of hydrogen-bond donors (Lipinski definition) is 0. The molecule has 1 unspecified atom stereocenters. The molecule has 2 aliphatic heterocycles. The molecule has 0 aromatic heterocycles. The molecule has 0 amide bonds. The van der Waals surface area contributed by atoms with Crippen molar-refractivity contribution in [1.82, 2.24) is 4.90 Å². The van der Waals surface area contributed by atoms with Crippen LogP contribution in [0.25, 0.3) is 0 Å². The quantitative estimate of drug-likeness (QED) is 0.768. The molecule has 0 N–H and O–H groups in total. The summed E-state index contributed by atoms with van der Waals surface area (Å²) in [6.07, 6.45) is 1.77. The fourth-order valence-corrected chi connectivity index (χ4v) is 3.82. The molecule has 0 radical (unpaired) electrons. The molecule has 4 rings (SSSR count). The van der Waals surface area contributed by atoms with Crippen LogP contribution in [0.3, 0.4) is 0 Å². The van der Waals surface area contributed by atoms with Crippen LogP contribution in [0.5, 0.6) is 0 Å². The van der Waals surface area contributed by atoms with Crippen LogP contribution < -0.4 is 4.90 Å². The Morgan fingerprint density at radius 2 is 1.73 bits per heavy atom. The van der Waals surface area contributed by atoms with E-state index in [1.807, 2.05) is 36.4 Å². The van der Waals surface area contributed by atoms with Gasteiger partial charge in [0.2, 0.25) is 0 Å². The second kappa shape index (κ2) is 7.46. The number of piperazine rings is 1. The fraction of sp³-hybridized carbons (Fsp3) is 0.381. The number of carbonyl (C=O) groups excluding carboxylic acids is 1. The molecule has 136 valence electrons. The van der Waals surface area contributed by atoms with Gasteiger partial charge in [-0.05, 0) is 49.7 Å². The van der Waals surface area contributed by atoms with Crippen molar-refractivity contribution < 1.29 is 13.9 Å². The molecular formula is C21H23FN2O2. The zero-order valence-electron chi connectivity index (χ0n) is 14.7. The van der Waals surface area contributed by atoms with Crippen molar-refractivity contribution in [2.45, 2.75) is 18.9 Å². The third-order valence-electron chi connectivity index (χ3n) is 5.28. The van der Waals surface area contributed by atoms with Gasteiger partial charge in [0.1, 0.15) is 11.9 Å². The van der Waals surface area contributed by atoms with Crippen LogP contribution in [0, 0.1) is 5.82 Å². The molecule has 2 aromatic rings. The lowest BCUT2D eigenvalue weighted by molar-refractivity contribution is 0.0358. The number of carbonyl (C=O) groups is 1. The van der Waals surface area contributed by atoms with Crippen molar-refractivity contribution >= 4 is 11.7 Å². The summed E-state index contributed by atoms with van der Waals surface area (Å²) in [4.78, 5) is 16.6. The van der Waals surface area contributed by atoms with Gasteiger partial charge in [-0.15, -0.1) is 0 Å². The highest BCUT2D eigenvalue weighted by molar-refractivity contribution is 5.93. The second-order valence-corrected chi connectivity index (χ2v) is 6.93. The summed E-state index contributed by atoms with van der Waals surface area (Å²) < 4.78 is 18.6. The molecule has 2 aromatic carbocycles. The summed E-state index contributed by atoms with van der Waals surface area (Å²) in [6.45, 7) is 4.91. The van der Waals surface area contributed by atoms with Gasteiger partial charge in [0.25, 0.3) is 0 Å². The van der Waals surface area contributed by atoms with E-state index in [0.29, 0.717) is 5.56 Å². The Hall–Kier alpha value is -2.40. The van der Waals surface area contributed by atoms with Crippen LogP contribution in [-0.4, -0.2) is 43.6 Å². The SMILES string of the molecule is O=C1OC(CCCN2CCN(c3ccc(F)cc3)CC2)c2ccccc21. The number of rotatable bonds is 5. The molecule has 0 saturated carbocycles. The van der Waals surface area contributed by atoms with Gasteiger partial charge < -0.3 is 9.64 Å². The maximum atomic E-state index is 13.0. The first-order chi connectivity index (χ1) is 12.7. The highest BCUT2D eigenvalue weighted by Crippen LogP contribution is 2.33. The summed E-state index contributed by atoms with van der Waals surface area (Å²) in [5, 5.41) is 0. The lowest BCUT2D eigenvalue weighted by atomic mass is 10.0. The first-order valence-electron chi connectivity index (χ1n) is 9.23. The number of hydrogen-bond acceptors (Lipinski definition) is 4. The summed E-state index contributed by atoms with van der Waals surface area (Å²) in [5.41, 5.74) is 2.82. The normalized spacial score (nSPS) is 20.1. The molecular weight excluding hydrogens is 331 g/mol. The summed E-state index contributed by atoms with van der Waals surface area (Å²) in [6, 6.07) is 14.4. The maximum Gasteiger partial charge on any atom is 0.339 e. The van der Waals surface area contributed by atoms with E-state index >= 15 is 0 Å². The minimum atomic E-state index is -0.196. The van der Waals surface area contributed by atoms with Gasteiger partial charge in [-0.3, -0.25) is 4.90 Å². The number of nitrogens with zero attached hydrogens (tertiary/aromatic N) is 2. The number of halogens is 1. The Morgan fingerprint density at radius 1 is 1.00 bits per heavy atom. The van der Waals surface area contributed by atoms with E-state index in [1.165, 1.54) is 12.1 Å². The van der Waals surface area contributed by atoms with E-state index in [4.69, 9.17) is 4.74 Å². The molecule has 0 aliphatic carbocycles. The molecule has 2 aliphatic rings. The van der Waals surface area contributed by atoms with E-state index in [2.05, 4.69) is 9.80 Å². The van der Waals surface area contributed by atoms with Crippen molar-refractivity contribution in [1.29, 1.82) is 0 Å². The van der Waals surface area contributed by atoms with Crippen LogP contribution in [0.4, 0.5) is 10.1 Å². The zero-order chi connectivity index (χ0) is 17.9. The molecule has 1 fully saturated rings. The monoisotopic (exact) mass is 354 g/mol. The van der Waals surface area contributed by atoms with Gasteiger partial charge in [-0.25, -0.2) is 9.18 Å². The molecule has 0 bridgehead atoms. The lowest BCUT2D eigenvalue weighted by Gasteiger charge is -2.36. The van der Waals surface area contributed by atoms with Gasteiger partial charge in [0.15, 0.2) is 0 Å². The lowest BCUT2D eigenvalue weighted by Crippen LogP contribution is -2.46. The number of fused-ring (bicyclic) bond motifs is 1. The van der Waals surface area contributed by atoms with Crippen molar-refractivity contribution in [3.8, 4) is 0 Å². The molecule has 4 nitrogen and oxygen atoms in total. The highest BCUT2D eigenvalue weighted by atomic mass is 19.1. The first kappa shape index (κ1) is 17.0. The van der Waals surface area contributed by atoms with Crippen LogP contribution in [0.2, 0.25) is 0 Å². The van der Waals surface area contributed by atoms with Crippen LogP contribution in [-0.2, 0) is 4.74 Å². The Labute approximate surface area is 153 Å². The predicted octanol–water partition coefficient (Wildman–Crippen LogP) is 3.64. The van der Waals surface area contributed by atoms with Gasteiger partial charge in [0, 0.05) is 37.4 Å². The van der Waals surface area contributed by atoms with Crippen LogP contribution in [0.1, 0.15) is 34.9 Å². The third-order valence-corrected chi connectivity index (χ3v) is 5.28. The van der Waals surface area contributed by atoms with E-state index in [-0.39, 0.29) is 17.9 Å². The topological polar surface area (TPSA) is 32.8 Å². The molecule has 1 saturated heterocycles.